The van der Waals surface area contributed by atoms with Crippen molar-refractivity contribution in [2.75, 3.05) is 13.2 Å². The quantitative estimate of drug-likeness (QED) is 0.229. The molecule has 0 radical (unpaired) electrons. The average Bonchev–Trinajstić information content (AvgIpc) is 3.26. The van der Waals surface area contributed by atoms with E-state index >= 15 is 0 Å². The van der Waals surface area contributed by atoms with Crippen molar-refractivity contribution in [3.05, 3.63) is 36.0 Å². The van der Waals surface area contributed by atoms with Gasteiger partial charge in [0.15, 0.2) is 0 Å². The predicted molar refractivity (Wildman–Crippen MR) is 134 cm³/mol. The van der Waals surface area contributed by atoms with Crippen LogP contribution in [-0.4, -0.2) is 59.4 Å². The number of aliphatic carboxylic acids is 2. The van der Waals surface area contributed by atoms with Crippen LogP contribution < -0.4 is 0 Å². The molecule has 0 aromatic carbocycles. The average molecular weight is 533 g/mol. The highest BCUT2D eigenvalue weighted by Crippen LogP contribution is 2.62. The van der Waals surface area contributed by atoms with Crippen LogP contribution in [0.15, 0.2) is 36.0 Å². The molecule has 1 heterocycles. The van der Waals surface area contributed by atoms with Gasteiger partial charge in [-0.25, -0.2) is 4.79 Å². The van der Waals surface area contributed by atoms with Crippen LogP contribution in [0.5, 0.6) is 0 Å². The van der Waals surface area contributed by atoms with E-state index in [-0.39, 0.29) is 62.1 Å². The van der Waals surface area contributed by atoms with Crippen molar-refractivity contribution in [3.63, 3.8) is 0 Å². The molecule has 2 fully saturated rings. The Balaban J connectivity index is 1.88. The molecule has 0 aromatic rings. The van der Waals surface area contributed by atoms with E-state index in [9.17, 15) is 24.0 Å². The highest BCUT2D eigenvalue weighted by Gasteiger charge is 2.59. The Kier molecular flexibility index (Phi) is 9.17. The number of esters is 3. The van der Waals surface area contributed by atoms with E-state index < -0.39 is 35.4 Å². The van der Waals surface area contributed by atoms with Crippen molar-refractivity contribution in [1.82, 2.24) is 0 Å². The molecule has 0 aromatic heterocycles. The summed E-state index contributed by atoms with van der Waals surface area (Å²) in [5.41, 5.74) is 0.328. The van der Waals surface area contributed by atoms with E-state index in [2.05, 4.69) is 13.5 Å². The maximum absolute atomic E-state index is 12.5. The molecule has 208 valence electrons. The molecule has 5 atom stereocenters. The Morgan fingerprint density at radius 2 is 1.74 bits per heavy atom. The maximum Gasteiger partial charge on any atom is 0.338 e. The number of ether oxygens (including phenoxy) is 3. The summed E-state index contributed by atoms with van der Waals surface area (Å²) in [5, 5.41) is 17.8. The number of cyclic esters (lactones) is 1. The van der Waals surface area contributed by atoms with Crippen molar-refractivity contribution in [1.29, 1.82) is 0 Å². The summed E-state index contributed by atoms with van der Waals surface area (Å²) in [5.74, 6) is -4.05. The van der Waals surface area contributed by atoms with Crippen molar-refractivity contribution >= 4 is 29.8 Å². The molecule has 38 heavy (non-hydrogen) atoms. The summed E-state index contributed by atoms with van der Waals surface area (Å²) in [4.78, 5) is 58.6. The second-order valence-corrected chi connectivity index (χ2v) is 10.8. The smallest absolute Gasteiger partial charge is 0.338 e. The number of fused-ring (bicyclic) bond motifs is 1. The minimum atomic E-state index is -1.11. The molecular weight excluding hydrogens is 496 g/mol. The van der Waals surface area contributed by atoms with E-state index in [1.807, 2.05) is 13.0 Å². The van der Waals surface area contributed by atoms with Crippen molar-refractivity contribution in [2.45, 2.75) is 71.3 Å². The van der Waals surface area contributed by atoms with E-state index in [1.165, 1.54) is 0 Å². The molecule has 3 rings (SSSR count). The van der Waals surface area contributed by atoms with Crippen molar-refractivity contribution < 1.29 is 48.4 Å². The van der Waals surface area contributed by atoms with Crippen LogP contribution in [0, 0.1) is 22.7 Å². The Morgan fingerprint density at radius 3 is 2.34 bits per heavy atom. The van der Waals surface area contributed by atoms with Gasteiger partial charge in [0.1, 0.15) is 19.3 Å². The lowest BCUT2D eigenvalue weighted by atomic mass is 9.46. The van der Waals surface area contributed by atoms with Gasteiger partial charge >= 0.3 is 29.8 Å². The fraction of sp³-hybridized carbons (Fsp3) is 0.607. The first-order chi connectivity index (χ1) is 17.9. The third-order valence-electron chi connectivity index (χ3n) is 8.30. The summed E-state index contributed by atoms with van der Waals surface area (Å²) in [6.07, 6.45) is 6.10. The number of rotatable bonds is 11. The third kappa shape index (κ3) is 6.52. The van der Waals surface area contributed by atoms with Gasteiger partial charge in [-0.15, -0.1) is 0 Å². The molecule has 0 spiro atoms. The second kappa shape index (κ2) is 12.0. The molecule has 2 N–H and O–H groups in total. The van der Waals surface area contributed by atoms with E-state index in [4.69, 9.17) is 24.4 Å². The maximum atomic E-state index is 12.5. The van der Waals surface area contributed by atoms with Gasteiger partial charge in [0.2, 0.25) is 0 Å². The van der Waals surface area contributed by atoms with Gasteiger partial charge in [0.05, 0.1) is 31.3 Å². The molecular formula is C28H36O10. The van der Waals surface area contributed by atoms with Gasteiger partial charge in [-0.3, -0.25) is 19.2 Å². The standard InChI is InChI=1S/C28H36O10/c1-17-4-7-20-27(2,19(17)6-5-18-13-15-36-26(18)35)14-12-21(38-25(34)11-9-23(31)32)28(20,3)16-37-24(33)10-8-22(29)30/h5-6,13,19-21H,1,4,7-12,14-16H2,2-3H3,(H,29,30)(H,31,32)/b6-5+/t19-,20?,21-,27+,28+/m1/s1. The Labute approximate surface area is 221 Å². The minimum absolute atomic E-state index is 0.0804. The topological polar surface area (TPSA) is 154 Å². The fourth-order valence-electron chi connectivity index (χ4n) is 6.30. The number of carboxylic acids is 2. The number of hydrogen-bond donors (Lipinski definition) is 2. The summed E-state index contributed by atoms with van der Waals surface area (Å²) in [6, 6.07) is 0. The minimum Gasteiger partial charge on any atom is -0.481 e. The number of allylic oxidation sites excluding steroid dienone is 2. The summed E-state index contributed by atoms with van der Waals surface area (Å²) in [7, 11) is 0. The van der Waals surface area contributed by atoms with Gasteiger partial charge in [-0.1, -0.05) is 38.2 Å². The number of carbonyl (C=O) groups excluding carboxylic acids is 3. The Hall–Kier alpha value is -3.43. The van der Waals surface area contributed by atoms with Gasteiger partial charge in [0, 0.05) is 11.3 Å². The lowest BCUT2D eigenvalue weighted by Crippen LogP contribution is -2.58. The van der Waals surface area contributed by atoms with Crippen LogP contribution in [0.1, 0.15) is 65.2 Å². The molecule has 1 aliphatic heterocycles. The molecule has 0 saturated heterocycles. The fourth-order valence-corrected chi connectivity index (χ4v) is 6.30. The van der Waals surface area contributed by atoms with Crippen LogP contribution in [0.2, 0.25) is 0 Å². The zero-order valence-electron chi connectivity index (χ0n) is 21.9. The second-order valence-electron chi connectivity index (χ2n) is 10.8. The van der Waals surface area contributed by atoms with Gasteiger partial charge < -0.3 is 24.4 Å². The largest absolute Gasteiger partial charge is 0.481 e. The van der Waals surface area contributed by atoms with Crippen LogP contribution >= 0.6 is 0 Å². The first kappa shape index (κ1) is 29.1. The third-order valence-corrected chi connectivity index (χ3v) is 8.30. The monoisotopic (exact) mass is 532 g/mol. The zero-order chi connectivity index (χ0) is 28.1. The van der Waals surface area contributed by atoms with Gasteiger partial charge in [0.25, 0.3) is 0 Å². The molecule has 2 aliphatic carbocycles. The molecule has 0 amide bonds. The highest BCUT2D eigenvalue weighted by molar-refractivity contribution is 5.93. The molecule has 0 bridgehead atoms. The molecule has 3 aliphatic rings. The molecule has 10 nitrogen and oxygen atoms in total. The summed E-state index contributed by atoms with van der Waals surface area (Å²) in [6.45, 7) is 8.49. The number of carbonyl (C=O) groups is 5. The Morgan fingerprint density at radius 1 is 1.08 bits per heavy atom. The Bertz CT molecular complexity index is 1060. The van der Waals surface area contributed by atoms with E-state index in [0.717, 1.165) is 5.57 Å². The highest BCUT2D eigenvalue weighted by atomic mass is 16.6. The first-order valence-electron chi connectivity index (χ1n) is 12.9. The van der Waals surface area contributed by atoms with E-state index in [1.54, 1.807) is 12.2 Å². The van der Waals surface area contributed by atoms with Crippen molar-refractivity contribution in [3.8, 4) is 0 Å². The van der Waals surface area contributed by atoms with Crippen LogP contribution in [0.4, 0.5) is 0 Å². The van der Waals surface area contributed by atoms with Gasteiger partial charge in [-0.2, -0.15) is 0 Å². The van der Waals surface area contributed by atoms with E-state index in [0.29, 0.717) is 31.3 Å². The zero-order valence-corrected chi connectivity index (χ0v) is 21.9. The normalized spacial score (nSPS) is 30.8. The first-order valence-corrected chi connectivity index (χ1v) is 12.9. The van der Waals surface area contributed by atoms with Crippen LogP contribution in [0.25, 0.3) is 0 Å². The molecule has 10 heteroatoms. The predicted octanol–water partition coefficient (Wildman–Crippen LogP) is 3.60. The lowest BCUT2D eigenvalue weighted by Gasteiger charge is -2.59. The number of hydrogen-bond acceptors (Lipinski definition) is 8. The number of carboxylic acid groups (broad SMARTS) is 2. The lowest BCUT2D eigenvalue weighted by molar-refractivity contribution is -0.192. The summed E-state index contributed by atoms with van der Waals surface area (Å²) < 4.78 is 16.4. The molecule has 2 saturated carbocycles. The SMILES string of the molecule is C=C1CCC2[C@](C)(COC(=O)CCC(=O)O)[C@H](OC(=O)CCC(=O)O)CC[C@@]2(C)[C@@H]1/C=C/C1=CCOC1=O. The van der Waals surface area contributed by atoms with Gasteiger partial charge in [-0.05, 0) is 43.1 Å². The van der Waals surface area contributed by atoms with Crippen LogP contribution in [-0.2, 0) is 38.2 Å². The summed E-state index contributed by atoms with van der Waals surface area (Å²) >= 11 is 0. The molecule has 1 unspecified atom stereocenters. The van der Waals surface area contributed by atoms with Crippen LogP contribution in [0.3, 0.4) is 0 Å². The van der Waals surface area contributed by atoms with Crippen molar-refractivity contribution in [2.24, 2.45) is 22.7 Å².